The van der Waals surface area contributed by atoms with Crippen molar-refractivity contribution in [3.05, 3.63) is 0 Å². The lowest BCUT2D eigenvalue weighted by Crippen LogP contribution is -2.41. The van der Waals surface area contributed by atoms with E-state index in [1.165, 1.54) is 12.8 Å². The van der Waals surface area contributed by atoms with Crippen molar-refractivity contribution in [2.75, 3.05) is 20.3 Å². The average molecular weight is 212 g/mol. The summed E-state index contributed by atoms with van der Waals surface area (Å²) in [4.78, 5) is 14.0. The molecule has 0 aliphatic heterocycles. The molecule has 1 N–H and O–H groups in total. The molecule has 0 atom stereocenters. The van der Waals surface area contributed by atoms with Crippen LogP contribution in [0.1, 0.15) is 39.5 Å². The van der Waals surface area contributed by atoms with E-state index in [0.29, 0.717) is 12.6 Å². The zero-order valence-electron chi connectivity index (χ0n) is 10.3. The topological polar surface area (TPSA) is 32.3 Å². The van der Waals surface area contributed by atoms with E-state index in [0.717, 1.165) is 25.3 Å². The fourth-order valence-corrected chi connectivity index (χ4v) is 2.30. The molecule has 1 aliphatic rings. The molecule has 1 rings (SSSR count). The highest BCUT2D eigenvalue weighted by Crippen LogP contribution is 2.29. The summed E-state index contributed by atoms with van der Waals surface area (Å²) in [5.41, 5.74) is 0. The summed E-state index contributed by atoms with van der Waals surface area (Å²) in [7, 11) is 1.89. The van der Waals surface area contributed by atoms with Crippen LogP contribution in [0.25, 0.3) is 0 Å². The molecule has 0 aromatic rings. The largest absolute Gasteiger partial charge is 0.330 e. The number of rotatable bonds is 4. The third-order valence-electron chi connectivity index (χ3n) is 3.41. The number of nitrogens with one attached hydrogen (secondary N) is 1. The van der Waals surface area contributed by atoms with Crippen molar-refractivity contribution in [3.8, 4) is 0 Å². The highest BCUT2D eigenvalue weighted by atomic mass is 16.2. The van der Waals surface area contributed by atoms with E-state index in [4.69, 9.17) is 0 Å². The maximum absolute atomic E-state index is 12.1. The van der Waals surface area contributed by atoms with Crippen LogP contribution in [0.15, 0.2) is 0 Å². The highest BCUT2D eigenvalue weighted by molar-refractivity contribution is 5.78. The summed E-state index contributed by atoms with van der Waals surface area (Å²) in [6.45, 7) is 5.82. The molecule has 0 radical (unpaired) electrons. The van der Waals surface area contributed by atoms with Crippen molar-refractivity contribution in [3.63, 3.8) is 0 Å². The van der Waals surface area contributed by atoms with Gasteiger partial charge in [0, 0.05) is 12.5 Å². The summed E-state index contributed by atoms with van der Waals surface area (Å²) in [6, 6.07) is 0. The van der Waals surface area contributed by atoms with Gasteiger partial charge in [-0.1, -0.05) is 6.92 Å². The van der Waals surface area contributed by atoms with Gasteiger partial charge < -0.3 is 10.2 Å². The Labute approximate surface area is 93.2 Å². The van der Waals surface area contributed by atoms with Crippen LogP contribution < -0.4 is 5.32 Å². The highest BCUT2D eigenvalue weighted by Gasteiger charge is 2.26. The Balaban J connectivity index is 2.44. The minimum atomic E-state index is 0.287. The molecule has 0 bridgehead atoms. The van der Waals surface area contributed by atoms with Gasteiger partial charge in [0.15, 0.2) is 0 Å². The van der Waals surface area contributed by atoms with Gasteiger partial charge in [0.05, 0.1) is 6.67 Å². The van der Waals surface area contributed by atoms with Crippen LogP contribution in [0, 0.1) is 11.8 Å². The van der Waals surface area contributed by atoms with Crippen LogP contribution in [0.4, 0.5) is 0 Å². The maximum atomic E-state index is 12.1. The Hall–Kier alpha value is -0.570. The van der Waals surface area contributed by atoms with Gasteiger partial charge in [0.1, 0.15) is 0 Å². The molecular formula is C12H24N2O. The fraction of sp³-hybridized carbons (Fsp3) is 0.917. The number of carbonyl (C=O) groups is 1. The van der Waals surface area contributed by atoms with Crippen molar-refractivity contribution in [1.82, 2.24) is 10.2 Å². The molecule has 1 amide bonds. The van der Waals surface area contributed by atoms with Crippen molar-refractivity contribution in [1.29, 1.82) is 0 Å². The predicted octanol–water partition coefficient (Wildman–Crippen LogP) is 1.84. The van der Waals surface area contributed by atoms with Crippen LogP contribution in [0.3, 0.4) is 0 Å². The Morgan fingerprint density at radius 1 is 1.33 bits per heavy atom. The van der Waals surface area contributed by atoms with E-state index in [9.17, 15) is 4.79 Å². The van der Waals surface area contributed by atoms with Crippen LogP contribution in [0.5, 0.6) is 0 Å². The third-order valence-corrected chi connectivity index (χ3v) is 3.41. The summed E-state index contributed by atoms with van der Waals surface area (Å²) in [5, 5.41) is 3.05. The fourth-order valence-electron chi connectivity index (χ4n) is 2.30. The van der Waals surface area contributed by atoms with Crippen molar-refractivity contribution < 1.29 is 4.79 Å². The Kier molecular flexibility index (Phi) is 5.09. The minimum absolute atomic E-state index is 0.287. The minimum Gasteiger partial charge on any atom is -0.330 e. The molecule has 0 unspecified atom stereocenters. The number of hydrogen-bond donors (Lipinski definition) is 1. The molecule has 15 heavy (non-hydrogen) atoms. The zero-order valence-corrected chi connectivity index (χ0v) is 10.3. The second kappa shape index (κ2) is 6.11. The van der Waals surface area contributed by atoms with Crippen LogP contribution >= 0.6 is 0 Å². The predicted molar refractivity (Wildman–Crippen MR) is 62.4 cm³/mol. The standard InChI is InChI=1S/C12H24N2O/c1-4-14(9-13-3)12(15)11-7-5-10(2)6-8-11/h10-11,13H,4-9H2,1-3H3. The monoisotopic (exact) mass is 212 g/mol. The Bertz CT molecular complexity index is 198. The molecule has 0 aromatic heterocycles. The summed E-state index contributed by atoms with van der Waals surface area (Å²) in [5.74, 6) is 1.45. The zero-order chi connectivity index (χ0) is 11.3. The first-order chi connectivity index (χ1) is 7.19. The molecule has 0 spiro atoms. The Morgan fingerprint density at radius 2 is 1.93 bits per heavy atom. The van der Waals surface area contributed by atoms with E-state index < -0.39 is 0 Å². The van der Waals surface area contributed by atoms with E-state index >= 15 is 0 Å². The molecule has 0 heterocycles. The summed E-state index contributed by atoms with van der Waals surface area (Å²) in [6.07, 6.45) is 4.60. The van der Waals surface area contributed by atoms with Gasteiger partial charge in [-0.3, -0.25) is 4.79 Å². The second-order valence-electron chi connectivity index (χ2n) is 4.66. The van der Waals surface area contributed by atoms with E-state index in [1.54, 1.807) is 0 Å². The Morgan fingerprint density at radius 3 is 2.40 bits per heavy atom. The van der Waals surface area contributed by atoms with Crippen molar-refractivity contribution in [2.45, 2.75) is 39.5 Å². The molecule has 1 saturated carbocycles. The molecule has 0 aromatic carbocycles. The van der Waals surface area contributed by atoms with Gasteiger partial charge in [-0.15, -0.1) is 0 Å². The van der Waals surface area contributed by atoms with E-state index in [1.807, 2.05) is 18.9 Å². The van der Waals surface area contributed by atoms with Gasteiger partial charge in [0.25, 0.3) is 0 Å². The van der Waals surface area contributed by atoms with Crippen LogP contribution in [0.2, 0.25) is 0 Å². The van der Waals surface area contributed by atoms with E-state index in [2.05, 4.69) is 12.2 Å². The average Bonchev–Trinajstić information content (AvgIpc) is 2.26. The third kappa shape index (κ3) is 3.49. The second-order valence-corrected chi connectivity index (χ2v) is 4.66. The van der Waals surface area contributed by atoms with Crippen molar-refractivity contribution >= 4 is 5.91 Å². The van der Waals surface area contributed by atoms with E-state index in [-0.39, 0.29) is 5.92 Å². The molecule has 1 aliphatic carbocycles. The molecular weight excluding hydrogens is 188 g/mol. The first kappa shape index (κ1) is 12.5. The lowest BCUT2D eigenvalue weighted by atomic mass is 9.82. The maximum Gasteiger partial charge on any atom is 0.226 e. The summed E-state index contributed by atoms with van der Waals surface area (Å²) < 4.78 is 0. The smallest absolute Gasteiger partial charge is 0.226 e. The SMILES string of the molecule is CCN(CNC)C(=O)C1CCC(C)CC1. The van der Waals surface area contributed by atoms with Crippen LogP contribution in [-0.2, 0) is 4.79 Å². The van der Waals surface area contributed by atoms with Crippen LogP contribution in [-0.4, -0.2) is 31.1 Å². The normalized spacial score (nSPS) is 26.3. The lowest BCUT2D eigenvalue weighted by Gasteiger charge is -2.30. The van der Waals surface area contributed by atoms with Gasteiger partial charge in [-0.05, 0) is 45.6 Å². The first-order valence-corrected chi connectivity index (χ1v) is 6.12. The van der Waals surface area contributed by atoms with Gasteiger partial charge in [0.2, 0.25) is 5.91 Å². The molecule has 88 valence electrons. The molecule has 1 fully saturated rings. The quantitative estimate of drug-likeness (QED) is 0.721. The number of nitrogens with zero attached hydrogens (tertiary/aromatic N) is 1. The number of amides is 1. The molecule has 3 nitrogen and oxygen atoms in total. The first-order valence-electron chi connectivity index (χ1n) is 6.12. The van der Waals surface area contributed by atoms with Gasteiger partial charge >= 0.3 is 0 Å². The van der Waals surface area contributed by atoms with Gasteiger partial charge in [-0.2, -0.15) is 0 Å². The number of hydrogen-bond acceptors (Lipinski definition) is 2. The summed E-state index contributed by atoms with van der Waals surface area (Å²) >= 11 is 0. The van der Waals surface area contributed by atoms with Gasteiger partial charge in [-0.25, -0.2) is 0 Å². The molecule has 3 heteroatoms. The number of carbonyl (C=O) groups excluding carboxylic acids is 1. The van der Waals surface area contributed by atoms with Crippen molar-refractivity contribution in [2.24, 2.45) is 11.8 Å². The molecule has 0 saturated heterocycles. The lowest BCUT2D eigenvalue weighted by molar-refractivity contribution is -0.136.